The van der Waals surface area contributed by atoms with Crippen LogP contribution in [-0.4, -0.2) is 252 Å². The standard InChI is InChI=1S/C74H114N20O17.C2H4O2/c1-9-41(6)58(70(107)89-57(40(4)5)69(106)92-60(43(8)96)71(108)93-31-19-27-53(93)67(104)84-48(26-18-30-81-74(78)79)62(99)91-59(42(7)95)72(109)94-32-20-28-54(94)73(110)111)90-66(103)52(36-55(76)97)87-61(98)47(25-16-17-29-75)83-63(100)49(33-44-21-12-10-13-22-44)85-64(101)50(34-45-23-14-11-15-24-45)86-65(102)51(35-46-37-80-38-82-46)88-68(105)56(77)39(2)3;1-2(3)4/h10-15,21-24,37-43,47-54,56-60,95-96H,9,16-20,25-36,75,77H2,1-8H3,(H2,76,97)(H,80,82)(H,83,100)(H,84,104)(H,85,101)(H,86,102)(H,87,98)(H,88,105)(H,89,107)(H,90,103)(H,91,99)(H,92,106)(H,110,111)(H4,78,79,81);1H3,(H,3,4)/t41-,42+,43+,47-,48-,49-,50-,51-,52-,53-,54-,56-,57-,58-,59-,60-;/m0./s1. The number of hydrogen-bond acceptors (Lipinski definition) is 21. The molecule has 2 aromatic carbocycles. The quantitative estimate of drug-likeness (QED) is 0.0145. The maximum Gasteiger partial charge on any atom is 0.326 e. The van der Waals surface area contributed by atoms with Crippen molar-refractivity contribution in [1.29, 1.82) is 0 Å². The normalized spacial score (nSPS) is 17.5. The lowest BCUT2D eigenvalue weighted by molar-refractivity contribution is -0.151. The zero-order valence-electron chi connectivity index (χ0n) is 66.6. The molecule has 0 spiro atoms. The molecule has 2 aliphatic rings. The molecule has 16 atom stereocenters. The fourth-order valence-electron chi connectivity index (χ4n) is 12.8. The summed E-state index contributed by atoms with van der Waals surface area (Å²) in [5.74, 6) is -16.0. The van der Waals surface area contributed by atoms with Gasteiger partial charge in [0.25, 0.3) is 5.97 Å². The average molecular weight is 1620 g/mol. The fourth-order valence-corrected chi connectivity index (χ4v) is 12.8. The summed E-state index contributed by atoms with van der Waals surface area (Å²) in [6.07, 6.45) is -0.0224. The molecule has 39 nitrogen and oxygen atoms in total. The second-order valence-electron chi connectivity index (χ2n) is 29.5. The van der Waals surface area contributed by atoms with Crippen molar-refractivity contribution in [3.05, 3.63) is 90.0 Å². The zero-order chi connectivity index (χ0) is 85.9. The first-order valence-corrected chi connectivity index (χ1v) is 38.6. The Morgan fingerprint density at radius 3 is 1.40 bits per heavy atom. The van der Waals surface area contributed by atoms with E-state index in [-0.39, 0.29) is 109 Å². The van der Waals surface area contributed by atoms with Crippen molar-refractivity contribution >= 4 is 94.7 Å². The summed E-state index contributed by atoms with van der Waals surface area (Å²) in [6.45, 7) is 13.5. The molecule has 2 fully saturated rings. The summed E-state index contributed by atoms with van der Waals surface area (Å²) in [5.41, 5.74) is 30.4. The number of unbranched alkanes of at least 4 members (excludes halogenated alkanes) is 1. The minimum Gasteiger partial charge on any atom is -0.481 e. The lowest BCUT2D eigenvalue weighted by Gasteiger charge is -2.33. The van der Waals surface area contributed by atoms with Crippen LogP contribution in [0.25, 0.3) is 0 Å². The molecule has 3 heterocycles. The number of guanidine groups is 1. The number of carboxylic acids is 2. The Bertz CT molecular complexity index is 3770. The topological polar surface area (TPSA) is 635 Å². The number of aliphatic carboxylic acids is 2. The van der Waals surface area contributed by atoms with Crippen molar-refractivity contribution in [3.63, 3.8) is 0 Å². The molecule has 2 saturated heterocycles. The number of amides is 13. The minimum absolute atomic E-state index is 0.00455. The summed E-state index contributed by atoms with van der Waals surface area (Å²) >= 11 is 0. The number of aliphatic hydroxyl groups excluding tert-OH is 2. The van der Waals surface area contributed by atoms with Gasteiger partial charge in [0.15, 0.2) is 5.96 Å². The first kappa shape index (κ1) is 96.2. The van der Waals surface area contributed by atoms with E-state index in [1.165, 1.54) is 26.4 Å². The number of benzene rings is 2. The van der Waals surface area contributed by atoms with E-state index < -0.39 is 198 Å². The van der Waals surface area contributed by atoms with Crippen molar-refractivity contribution in [2.24, 2.45) is 51.4 Å². The number of likely N-dealkylation sites (tertiary alicyclic amines) is 2. The van der Waals surface area contributed by atoms with Gasteiger partial charge in [-0.05, 0) is 107 Å². The number of aliphatic imine (C=N–C) groups is 1. The lowest BCUT2D eigenvalue weighted by Crippen LogP contribution is -2.63. The number of primary amides is 1. The second-order valence-corrected chi connectivity index (χ2v) is 29.5. The fraction of sp³-hybridized carbons (Fsp3) is 0.592. The van der Waals surface area contributed by atoms with Crippen LogP contribution in [0, 0.1) is 17.8 Å². The number of rotatable bonds is 45. The third kappa shape index (κ3) is 31.6. The number of hydrogen-bond donors (Lipinski definition) is 20. The van der Waals surface area contributed by atoms with Gasteiger partial charge in [-0.2, -0.15) is 0 Å². The van der Waals surface area contributed by atoms with E-state index in [0.717, 1.165) is 16.7 Å². The van der Waals surface area contributed by atoms with Gasteiger partial charge in [0.05, 0.1) is 31.0 Å². The van der Waals surface area contributed by atoms with Crippen LogP contribution in [0.4, 0.5) is 0 Å². The third-order valence-corrected chi connectivity index (χ3v) is 19.5. The number of aliphatic hydroxyl groups is 2. The van der Waals surface area contributed by atoms with Crippen LogP contribution in [0.3, 0.4) is 0 Å². The SMILES string of the molecule is CC(=O)O.CC[C@H](C)[C@H](NC(=O)[C@H](CC(N)=O)NC(=O)[C@H](CCCCN)NC(=O)[C@H](Cc1ccccc1)NC(=O)[C@H](Cc1ccccc1)NC(=O)[C@H](Cc1cnc[nH]1)NC(=O)[C@@H](N)C(C)C)C(=O)N[C@H](C(=O)N[C@H](C(=O)N1CCC[C@H]1C(=O)N[C@@H](CCCN=C(N)N)C(=O)N[C@H](C(=O)N1CCC[C@H]1C(=O)O)[C@@H](C)O)[C@@H](C)O)C(C)C. The smallest absolute Gasteiger partial charge is 0.326 e. The van der Waals surface area contributed by atoms with E-state index >= 15 is 0 Å². The van der Waals surface area contributed by atoms with Gasteiger partial charge in [0, 0.05) is 57.7 Å². The molecule has 5 rings (SSSR count). The van der Waals surface area contributed by atoms with Crippen molar-refractivity contribution in [2.45, 2.75) is 243 Å². The highest BCUT2D eigenvalue weighted by molar-refractivity contribution is 6.01. The summed E-state index contributed by atoms with van der Waals surface area (Å²) in [5, 5.41) is 65.4. The van der Waals surface area contributed by atoms with E-state index in [4.69, 9.17) is 38.6 Å². The first-order chi connectivity index (χ1) is 54.3. The van der Waals surface area contributed by atoms with Gasteiger partial charge < -0.3 is 117 Å². The van der Waals surface area contributed by atoms with E-state index in [0.29, 0.717) is 29.7 Å². The molecule has 0 aliphatic carbocycles. The van der Waals surface area contributed by atoms with Gasteiger partial charge >= 0.3 is 5.97 Å². The van der Waals surface area contributed by atoms with Gasteiger partial charge in [0.2, 0.25) is 76.8 Å². The summed E-state index contributed by atoms with van der Waals surface area (Å²) < 4.78 is 0. The predicted octanol–water partition coefficient (Wildman–Crippen LogP) is -4.05. The average Bonchev–Trinajstić information content (AvgIpc) is 1.70. The van der Waals surface area contributed by atoms with E-state index in [2.05, 4.69) is 68.1 Å². The molecule has 39 heteroatoms. The van der Waals surface area contributed by atoms with E-state index in [9.17, 15) is 82.4 Å². The molecule has 13 amide bonds. The Morgan fingerprint density at radius 2 is 0.939 bits per heavy atom. The third-order valence-electron chi connectivity index (χ3n) is 19.5. The van der Waals surface area contributed by atoms with Gasteiger partial charge in [0.1, 0.15) is 72.5 Å². The molecular formula is C76H118N20O19. The largest absolute Gasteiger partial charge is 0.481 e. The zero-order valence-corrected chi connectivity index (χ0v) is 66.6. The molecule has 3 aromatic rings. The molecule has 636 valence electrons. The lowest BCUT2D eigenvalue weighted by atomic mass is 9.95. The van der Waals surface area contributed by atoms with Crippen LogP contribution in [-0.2, 0) is 91.2 Å². The number of H-pyrrole nitrogens is 1. The molecule has 2 aliphatic heterocycles. The van der Waals surface area contributed by atoms with Crippen LogP contribution >= 0.6 is 0 Å². The van der Waals surface area contributed by atoms with Crippen LogP contribution in [0.15, 0.2) is 78.2 Å². The minimum atomic E-state index is -1.81. The number of carbonyl (C=O) groups is 15. The maximum absolute atomic E-state index is 14.9. The Kier molecular flexibility index (Phi) is 40.2. The molecule has 1 aromatic heterocycles. The Hall–Kier alpha value is -11.2. The predicted molar refractivity (Wildman–Crippen MR) is 419 cm³/mol. The van der Waals surface area contributed by atoms with Crippen LogP contribution in [0.5, 0.6) is 0 Å². The number of aromatic nitrogens is 2. The summed E-state index contributed by atoms with van der Waals surface area (Å²) in [4.78, 5) is 219. The highest BCUT2D eigenvalue weighted by Gasteiger charge is 2.45. The van der Waals surface area contributed by atoms with Crippen molar-refractivity contribution in [1.82, 2.24) is 72.9 Å². The molecule has 115 heavy (non-hydrogen) atoms. The van der Waals surface area contributed by atoms with Gasteiger partial charge in [-0.15, -0.1) is 0 Å². The molecular weight excluding hydrogens is 1500 g/mol. The molecule has 25 N–H and O–H groups in total. The molecule has 0 bridgehead atoms. The van der Waals surface area contributed by atoms with Crippen molar-refractivity contribution in [3.8, 4) is 0 Å². The van der Waals surface area contributed by atoms with E-state index in [1.54, 1.807) is 102 Å². The van der Waals surface area contributed by atoms with Crippen LogP contribution in [0.1, 0.15) is 150 Å². The molecule has 0 saturated carbocycles. The number of nitrogens with two attached hydrogens (primary N) is 5. The number of nitrogens with zero attached hydrogens (tertiary/aromatic N) is 4. The molecule has 0 radical (unpaired) electrons. The van der Waals surface area contributed by atoms with Crippen LogP contribution in [0.2, 0.25) is 0 Å². The second kappa shape index (κ2) is 48.1. The number of nitrogens with one attached hydrogen (secondary N) is 11. The highest BCUT2D eigenvalue weighted by atomic mass is 16.4. The van der Waals surface area contributed by atoms with Crippen LogP contribution < -0.4 is 81.8 Å². The summed E-state index contributed by atoms with van der Waals surface area (Å²) in [6, 6.07) is -1.53. The molecule has 0 unspecified atom stereocenters. The maximum atomic E-state index is 14.9. The van der Waals surface area contributed by atoms with Gasteiger partial charge in [-0.3, -0.25) is 72.1 Å². The number of carbonyl (C=O) groups excluding carboxylic acids is 13. The number of carboxylic acid groups (broad SMARTS) is 2. The monoisotopic (exact) mass is 1610 g/mol. The van der Waals surface area contributed by atoms with Gasteiger partial charge in [-0.1, -0.05) is 109 Å². The van der Waals surface area contributed by atoms with Crippen molar-refractivity contribution in [2.75, 3.05) is 26.2 Å². The summed E-state index contributed by atoms with van der Waals surface area (Å²) in [7, 11) is 0. The van der Waals surface area contributed by atoms with E-state index in [1.807, 2.05) is 0 Å². The van der Waals surface area contributed by atoms with Gasteiger partial charge in [-0.25, -0.2) is 9.78 Å². The number of imidazole rings is 1. The Balaban J connectivity index is 0.00000679. The Labute approximate surface area is 667 Å². The first-order valence-electron chi connectivity index (χ1n) is 38.6. The number of aromatic amines is 1. The highest BCUT2D eigenvalue weighted by Crippen LogP contribution is 2.23. The van der Waals surface area contributed by atoms with Crippen molar-refractivity contribution < 1.29 is 92.3 Å². The Morgan fingerprint density at radius 1 is 0.522 bits per heavy atom.